The first-order valence-corrected chi connectivity index (χ1v) is 11.0. The average Bonchev–Trinajstić information content (AvgIpc) is 2.76. The minimum absolute atomic E-state index is 0.0175. The van der Waals surface area contributed by atoms with Gasteiger partial charge in [0.25, 0.3) is 5.91 Å². The van der Waals surface area contributed by atoms with E-state index >= 15 is 0 Å². The largest absolute Gasteiger partial charge is 0.496 e. The number of hydrogen-bond donors (Lipinski definition) is 1. The van der Waals surface area contributed by atoms with Crippen molar-refractivity contribution in [2.75, 3.05) is 12.4 Å². The Bertz CT molecular complexity index is 1270. The van der Waals surface area contributed by atoms with Crippen molar-refractivity contribution in [1.29, 1.82) is 5.26 Å². The lowest BCUT2D eigenvalue weighted by Gasteiger charge is -2.13. The van der Waals surface area contributed by atoms with Crippen molar-refractivity contribution >= 4 is 29.3 Å². The number of hydrogen-bond acceptors (Lipinski definition) is 3. The van der Waals surface area contributed by atoms with Crippen molar-refractivity contribution in [2.45, 2.75) is 34.1 Å². The van der Waals surface area contributed by atoms with Gasteiger partial charge in [-0.25, -0.2) is 0 Å². The summed E-state index contributed by atoms with van der Waals surface area (Å²) < 4.78 is 5.60. The quantitative estimate of drug-likeness (QED) is 0.329. The molecule has 168 valence electrons. The van der Waals surface area contributed by atoms with E-state index in [9.17, 15) is 10.1 Å². The summed E-state index contributed by atoms with van der Waals surface area (Å²) >= 11 is 6.62. The summed E-state index contributed by atoms with van der Waals surface area (Å²) in [7, 11) is 1.59. The smallest absolute Gasteiger partial charge is 0.266 e. The minimum Gasteiger partial charge on any atom is -0.496 e. The Kier molecular flexibility index (Phi) is 7.58. The molecule has 0 aliphatic rings. The highest BCUT2D eigenvalue weighted by Crippen LogP contribution is 2.32. The molecule has 0 saturated carbocycles. The number of ether oxygens (including phenoxy) is 1. The van der Waals surface area contributed by atoms with Crippen molar-refractivity contribution in [3.05, 3.63) is 98.1 Å². The normalized spacial score (nSPS) is 11.1. The average molecular weight is 459 g/mol. The minimum atomic E-state index is -0.472. The Morgan fingerprint density at radius 1 is 1.09 bits per heavy atom. The number of nitriles is 1. The summed E-state index contributed by atoms with van der Waals surface area (Å²) in [6, 6.07) is 17.6. The maximum absolute atomic E-state index is 12.8. The Morgan fingerprint density at radius 2 is 1.79 bits per heavy atom. The Hall–Kier alpha value is -3.55. The van der Waals surface area contributed by atoms with Crippen LogP contribution in [0.15, 0.2) is 54.1 Å². The van der Waals surface area contributed by atoms with Gasteiger partial charge in [0.1, 0.15) is 17.4 Å². The third kappa shape index (κ3) is 5.83. The maximum atomic E-state index is 12.8. The first-order valence-electron chi connectivity index (χ1n) is 10.6. The van der Waals surface area contributed by atoms with E-state index in [2.05, 4.69) is 37.4 Å². The molecule has 4 nitrogen and oxygen atoms in total. The fraction of sp³-hybridized carbons (Fsp3) is 0.214. The number of aryl methyl sites for hydroxylation is 3. The molecule has 3 aromatic rings. The van der Waals surface area contributed by atoms with Crippen LogP contribution >= 0.6 is 11.6 Å². The van der Waals surface area contributed by atoms with E-state index in [4.69, 9.17) is 16.3 Å². The Morgan fingerprint density at radius 3 is 2.42 bits per heavy atom. The number of benzene rings is 3. The number of carbonyl (C=O) groups excluding carboxylic acids is 1. The van der Waals surface area contributed by atoms with Gasteiger partial charge in [-0.3, -0.25) is 4.79 Å². The number of halogens is 1. The van der Waals surface area contributed by atoms with Crippen LogP contribution < -0.4 is 10.1 Å². The number of methoxy groups -OCH3 is 1. The van der Waals surface area contributed by atoms with E-state index in [-0.39, 0.29) is 5.57 Å². The van der Waals surface area contributed by atoms with E-state index in [1.165, 1.54) is 17.2 Å². The molecule has 33 heavy (non-hydrogen) atoms. The number of carbonyl (C=O) groups is 1. The van der Waals surface area contributed by atoms with Crippen LogP contribution in [0.25, 0.3) is 6.08 Å². The van der Waals surface area contributed by atoms with Crippen LogP contribution in [0.2, 0.25) is 5.02 Å². The molecule has 3 rings (SSSR count). The van der Waals surface area contributed by atoms with Gasteiger partial charge in [0.15, 0.2) is 0 Å². The van der Waals surface area contributed by atoms with E-state index < -0.39 is 5.91 Å². The highest BCUT2D eigenvalue weighted by atomic mass is 35.5. The van der Waals surface area contributed by atoms with Gasteiger partial charge in [0, 0.05) is 22.7 Å². The summed E-state index contributed by atoms with van der Waals surface area (Å²) in [5.41, 5.74) is 7.68. The van der Waals surface area contributed by atoms with Crippen molar-refractivity contribution in [3.8, 4) is 11.8 Å². The molecule has 5 heteroatoms. The van der Waals surface area contributed by atoms with Crippen LogP contribution in [0.4, 0.5) is 5.69 Å². The van der Waals surface area contributed by atoms with Gasteiger partial charge in [0.05, 0.1) is 7.11 Å². The highest BCUT2D eigenvalue weighted by Gasteiger charge is 2.15. The molecule has 0 aliphatic heterocycles. The molecule has 0 aromatic heterocycles. The van der Waals surface area contributed by atoms with Gasteiger partial charge in [-0.2, -0.15) is 5.26 Å². The molecule has 0 atom stereocenters. The number of anilines is 1. The van der Waals surface area contributed by atoms with E-state index in [1.54, 1.807) is 19.2 Å². The molecular formula is C28H27ClN2O2. The number of rotatable bonds is 6. The van der Waals surface area contributed by atoms with Gasteiger partial charge in [0.2, 0.25) is 0 Å². The fourth-order valence-corrected chi connectivity index (χ4v) is 4.12. The monoisotopic (exact) mass is 458 g/mol. The Balaban J connectivity index is 1.91. The molecule has 0 spiro atoms. The summed E-state index contributed by atoms with van der Waals surface area (Å²) in [5.74, 6) is 0.140. The fourth-order valence-electron chi connectivity index (χ4n) is 3.83. The zero-order valence-corrected chi connectivity index (χ0v) is 20.3. The lowest BCUT2D eigenvalue weighted by atomic mass is 9.98. The third-order valence-electron chi connectivity index (χ3n) is 5.59. The zero-order chi connectivity index (χ0) is 24.1. The molecule has 0 aliphatic carbocycles. The second-order valence-electron chi connectivity index (χ2n) is 8.23. The number of nitrogens with zero attached hydrogens (tertiary/aromatic N) is 1. The topological polar surface area (TPSA) is 62.1 Å². The van der Waals surface area contributed by atoms with Gasteiger partial charge in [-0.1, -0.05) is 53.1 Å². The van der Waals surface area contributed by atoms with Crippen molar-refractivity contribution in [1.82, 2.24) is 0 Å². The van der Waals surface area contributed by atoms with Crippen LogP contribution in [-0.2, 0) is 11.2 Å². The third-order valence-corrected chi connectivity index (χ3v) is 5.93. The first-order chi connectivity index (χ1) is 15.7. The molecular weight excluding hydrogens is 432 g/mol. The standard InChI is InChI=1S/C28H27ClN2O2/c1-17-9-18(2)11-21(10-17)13-24-25(29)14-22(15-27(24)33-5)12-23(16-30)28(32)31-26-8-6-7-19(3)20(26)4/h6-12,14-15H,13H2,1-5H3,(H,31,32)/b23-12+. The SMILES string of the molecule is COc1cc(/C=C(\C#N)C(=O)Nc2cccc(C)c2C)cc(Cl)c1Cc1cc(C)cc(C)c1. The second kappa shape index (κ2) is 10.4. The van der Waals surface area contributed by atoms with Gasteiger partial charge >= 0.3 is 0 Å². The molecule has 0 unspecified atom stereocenters. The highest BCUT2D eigenvalue weighted by molar-refractivity contribution is 6.31. The van der Waals surface area contributed by atoms with Crippen molar-refractivity contribution < 1.29 is 9.53 Å². The van der Waals surface area contributed by atoms with Crippen molar-refractivity contribution in [2.24, 2.45) is 0 Å². The van der Waals surface area contributed by atoms with Crippen LogP contribution in [0, 0.1) is 39.0 Å². The molecule has 1 N–H and O–H groups in total. The lowest BCUT2D eigenvalue weighted by Crippen LogP contribution is -2.14. The van der Waals surface area contributed by atoms with Crippen LogP contribution in [0.5, 0.6) is 5.75 Å². The summed E-state index contributed by atoms with van der Waals surface area (Å²) in [5, 5.41) is 13.0. The molecule has 0 radical (unpaired) electrons. The molecule has 1 amide bonds. The van der Waals surface area contributed by atoms with Gasteiger partial charge in [-0.05, 0) is 74.2 Å². The first kappa shape index (κ1) is 24.1. The molecule has 3 aromatic carbocycles. The van der Waals surface area contributed by atoms with E-state index in [0.717, 1.165) is 22.3 Å². The zero-order valence-electron chi connectivity index (χ0n) is 19.5. The number of nitrogens with one attached hydrogen (secondary N) is 1. The molecule has 0 saturated heterocycles. The molecule has 0 fully saturated rings. The summed E-state index contributed by atoms with van der Waals surface area (Å²) in [4.78, 5) is 12.8. The maximum Gasteiger partial charge on any atom is 0.266 e. The van der Waals surface area contributed by atoms with Gasteiger partial charge < -0.3 is 10.1 Å². The second-order valence-corrected chi connectivity index (χ2v) is 8.63. The number of amides is 1. The van der Waals surface area contributed by atoms with Crippen LogP contribution in [0.1, 0.15) is 38.9 Å². The van der Waals surface area contributed by atoms with Crippen molar-refractivity contribution in [3.63, 3.8) is 0 Å². The van der Waals surface area contributed by atoms with Crippen LogP contribution in [0.3, 0.4) is 0 Å². The Labute approximate surface area is 200 Å². The van der Waals surface area contributed by atoms with E-state index in [1.807, 2.05) is 38.1 Å². The molecule has 0 bridgehead atoms. The van der Waals surface area contributed by atoms with Crippen LogP contribution in [-0.4, -0.2) is 13.0 Å². The van der Waals surface area contributed by atoms with E-state index in [0.29, 0.717) is 28.4 Å². The summed E-state index contributed by atoms with van der Waals surface area (Å²) in [6.45, 7) is 8.03. The predicted octanol–water partition coefficient (Wildman–Crippen LogP) is 6.72. The summed E-state index contributed by atoms with van der Waals surface area (Å²) in [6.07, 6.45) is 2.14. The lowest BCUT2D eigenvalue weighted by molar-refractivity contribution is -0.112. The predicted molar refractivity (Wildman–Crippen MR) is 135 cm³/mol. The molecule has 0 heterocycles. The van der Waals surface area contributed by atoms with Gasteiger partial charge in [-0.15, -0.1) is 0 Å².